The lowest BCUT2D eigenvalue weighted by molar-refractivity contribution is -0.122. The van der Waals surface area contributed by atoms with Gasteiger partial charge in [-0.2, -0.15) is 0 Å². The van der Waals surface area contributed by atoms with Gasteiger partial charge in [0.15, 0.2) is 6.10 Å². The van der Waals surface area contributed by atoms with Gasteiger partial charge in [0.25, 0.3) is 5.91 Å². The van der Waals surface area contributed by atoms with E-state index in [9.17, 15) is 4.79 Å². The SMILES string of the molecule is CC(Oc1ccc(Cl)cc1Cl)C(=O)Nc1ccc(Br)cc1. The van der Waals surface area contributed by atoms with E-state index in [1.165, 1.54) is 0 Å². The summed E-state index contributed by atoms with van der Waals surface area (Å²) in [7, 11) is 0. The smallest absolute Gasteiger partial charge is 0.265 e. The van der Waals surface area contributed by atoms with Gasteiger partial charge >= 0.3 is 0 Å². The zero-order valence-corrected chi connectivity index (χ0v) is 14.2. The molecule has 3 nitrogen and oxygen atoms in total. The highest BCUT2D eigenvalue weighted by Crippen LogP contribution is 2.28. The minimum Gasteiger partial charge on any atom is -0.479 e. The van der Waals surface area contributed by atoms with Crippen LogP contribution in [0.3, 0.4) is 0 Å². The Morgan fingerprint density at radius 2 is 1.86 bits per heavy atom. The molecule has 1 N–H and O–H groups in total. The summed E-state index contributed by atoms with van der Waals surface area (Å²) in [4.78, 5) is 12.1. The van der Waals surface area contributed by atoms with Crippen LogP contribution >= 0.6 is 39.1 Å². The highest BCUT2D eigenvalue weighted by Gasteiger charge is 2.16. The third-order valence-corrected chi connectivity index (χ3v) is 3.74. The fourth-order valence-corrected chi connectivity index (χ4v) is 2.31. The van der Waals surface area contributed by atoms with Crippen molar-refractivity contribution in [3.63, 3.8) is 0 Å². The third kappa shape index (κ3) is 4.63. The lowest BCUT2D eigenvalue weighted by Crippen LogP contribution is -2.30. The standard InChI is InChI=1S/C15H12BrCl2NO2/c1-9(21-14-7-4-11(17)8-13(14)18)15(20)19-12-5-2-10(16)3-6-12/h2-9H,1H3,(H,19,20). The quantitative estimate of drug-likeness (QED) is 0.785. The molecule has 0 aromatic heterocycles. The Morgan fingerprint density at radius 1 is 1.19 bits per heavy atom. The molecule has 1 atom stereocenters. The van der Waals surface area contributed by atoms with Crippen molar-refractivity contribution in [1.82, 2.24) is 0 Å². The average Bonchev–Trinajstić information content (AvgIpc) is 2.44. The van der Waals surface area contributed by atoms with Gasteiger partial charge < -0.3 is 10.1 Å². The summed E-state index contributed by atoms with van der Waals surface area (Å²) in [5.74, 6) is 0.155. The summed E-state index contributed by atoms with van der Waals surface area (Å²) in [6.07, 6.45) is -0.688. The number of carbonyl (C=O) groups is 1. The van der Waals surface area contributed by atoms with Crippen LogP contribution in [0.25, 0.3) is 0 Å². The Morgan fingerprint density at radius 3 is 2.48 bits per heavy atom. The number of anilines is 1. The van der Waals surface area contributed by atoms with Gasteiger partial charge in [0, 0.05) is 15.2 Å². The number of benzene rings is 2. The number of hydrogen-bond donors (Lipinski definition) is 1. The van der Waals surface area contributed by atoms with Gasteiger partial charge in [0.05, 0.1) is 5.02 Å². The first kappa shape index (κ1) is 16.1. The second-order valence-corrected chi connectivity index (χ2v) is 6.09. The van der Waals surface area contributed by atoms with Crippen LogP contribution in [0.1, 0.15) is 6.92 Å². The molecule has 21 heavy (non-hydrogen) atoms. The van der Waals surface area contributed by atoms with E-state index >= 15 is 0 Å². The summed E-state index contributed by atoms with van der Waals surface area (Å²) in [6, 6.07) is 12.1. The summed E-state index contributed by atoms with van der Waals surface area (Å²) < 4.78 is 6.49. The van der Waals surface area contributed by atoms with Gasteiger partial charge in [-0.3, -0.25) is 4.79 Å². The number of halogens is 3. The van der Waals surface area contributed by atoms with Crippen LogP contribution in [0, 0.1) is 0 Å². The topological polar surface area (TPSA) is 38.3 Å². The fourth-order valence-electron chi connectivity index (χ4n) is 1.59. The highest BCUT2D eigenvalue weighted by atomic mass is 79.9. The van der Waals surface area contributed by atoms with E-state index in [1.807, 2.05) is 12.1 Å². The molecule has 2 aromatic rings. The van der Waals surface area contributed by atoms with Gasteiger partial charge in [-0.05, 0) is 49.4 Å². The van der Waals surface area contributed by atoms with E-state index in [-0.39, 0.29) is 5.91 Å². The summed E-state index contributed by atoms with van der Waals surface area (Å²) >= 11 is 15.2. The van der Waals surface area contributed by atoms with E-state index in [1.54, 1.807) is 37.3 Å². The van der Waals surface area contributed by atoms with Crippen LogP contribution in [0.5, 0.6) is 5.75 Å². The first-order chi connectivity index (χ1) is 9.95. The molecule has 0 aliphatic rings. The number of amides is 1. The van der Waals surface area contributed by atoms with E-state index in [0.29, 0.717) is 21.5 Å². The van der Waals surface area contributed by atoms with Crippen molar-refractivity contribution in [2.75, 3.05) is 5.32 Å². The molecule has 6 heteroatoms. The van der Waals surface area contributed by atoms with Crippen LogP contribution in [0.2, 0.25) is 10.0 Å². The summed E-state index contributed by atoms with van der Waals surface area (Å²) in [5.41, 5.74) is 0.695. The normalized spacial score (nSPS) is 11.8. The Hall–Kier alpha value is -1.23. The number of rotatable bonds is 4. The second-order valence-electron chi connectivity index (χ2n) is 4.33. The van der Waals surface area contributed by atoms with Crippen molar-refractivity contribution in [3.8, 4) is 5.75 Å². The molecule has 2 rings (SSSR count). The Balaban J connectivity index is 2.00. The zero-order valence-electron chi connectivity index (χ0n) is 11.1. The van der Waals surface area contributed by atoms with Crippen molar-refractivity contribution in [2.24, 2.45) is 0 Å². The van der Waals surface area contributed by atoms with Gasteiger partial charge in [-0.15, -0.1) is 0 Å². The molecule has 0 saturated heterocycles. The fraction of sp³-hybridized carbons (Fsp3) is 0.133. The molecular weight excluding hydrogens is 377 g/mol. The minimum atomic E-state index is -0.688. The maximum Gasteiger partial charge on any atom is 0.265 e. The van der Waals surface area contributed by atoms with Crippen LogP contribution in [-0.2, 0) is 4.79 Å². The lowest BCUT2D eigenvalue weighted by Gasteiger charge is -2.15. The number of hydrogen-bond acceptors (Lipinski definition) is 2. The van der Waals surface area contributed by atoms with Crippen molar-refractivity contribution >= 4 is 50.7 Å². The number of nitrogens with one attached hydrogen (secondary N) is 1. The van der Waals surface area contributed by atoms with Gasteiger partial charge in [0.2, 0.25) is 0 Å². The summed E-state index contributed by atoms with van der Waals surface area (Å²) in [6.45, 7) is 1.65. The minimum absolute atomic E-state index is 0.261. The van der Waals surface area contributed by atoms with Crippen LogP contribution in [0.15, 0.2) is 46.9 Å². The predicted octanol–water partition coefficient (Wildman–Crippen LogP) is 5.16. The maximum absolute atomic E-state index is 12.1. The van der Waals surface area contributed by atoms with Crippen molar-refractivity contribution in [3.05, 3.63) is 57.0 Å². The number of carbonyl (C=O) groups excluding carboxylic acids is 1. The molecule has 0 radical (unpaired) electrons. The first-order valence-electron chi connectivity index (χ1n) is 6.14. The second kappa shape index (κ2) is 7.16. The Bertz CT molecular complexity index is 647. The molecule has 1 unspecified atom stereocenters. The average molecular weight is 389 g/mol. The molecular formula is C15H12BrCl2NO2. The summed E-state index contributed by atoms with van der Waals surface area (Å²) in [5, 5.41) is 3.65. The third-order valence-electron chi connectivity index (χ3n) is 2.68. The van der Waals surface area contributed by atoms with Crippen molar-refractivity contribution in [2.45, 2.75) is 13.0 Å². The molecule has 1 amide bonds. The van der Waals surface area contributed by atoms with E-state index in [2.05, 4.69) is 21.2 Å². The van der Waals surface area contributed by atoms with Crippen molar-refractivity contribution in [1.29, 1.82) is 0 Å². The van der Waals surface area contributed by atoms with Crippen LogP contribution < -0.4 is 10.1 Å². The molecule has 2 aromatic carbocycles. The van der Waals surface area contributed by atoms with Gasteiger partial charge in [-0.1, -0.05) is 39.1 Å². The maximum atomic E-state index is 12.1. The highest BCUT2D eigenvalue weighted by molar-refractivity contribution is 9.10. The van der Waals surface area contributed by atoms with Crippen LogP contribution in [0.4, 0.5) is 5.69 Å². The molecule has 0 aliphatic heterocycles. The largest absolute Gasteiger partial charge is 0.479 e. The van der Waals surface area contributed by atoms with Crippen LogP contribution in [-0.4, -0.2) is 12.0 Å². The molecule has 0 aliphatic carbocycles. The predicted molar refractivity (Wildman–Crippen MR) is 89.3 cm³/mol. The first-order valence-corrected chi connectivity index (χ1v) is 7.69. The monoisotopic (exact) mass is 387 g/mol. The van der Waals surface area contributed by atoms with Gasteiger partial charge in [0.1, 0.15) is 5.75 Å². The molecule has 0 bridgehead atoms. The zero-order chi connectivity index (χ0) is 15.4. The molecule has 0 spiro atoms. The van der Waals surface area contributed by atoms with E-state index < -0.39 is 6.10 Å². The lowest BCUT2D eigenvalue weighted by atomic mass is 10.3. The van der Waals surface area contributed by atoms with Gasteiger partial charge in [-0.25, -0.2) is 0 Å². The molecule has 0 saturated carbocycles. The number of ether oxygens (including phenoxy) is 1. The molecule has 110 valence electrons. The Labute approximate surface area is 141 Å². The molecule has 0 heterocycles. The van der Waals surface area contributed by atoms with E-state index in [0.717, 1.165) is 4.47 Å². The Kier molecular flexibility index (Phi) is 5.51. The molecule has 0 fully saturated rings. The van der Waals surface area contributed by atoms with Crippen molar-refractivity contribution < 1.29 is 9.53 Å². The van der Waals surface area contributed by atoms with E-state index in [4.69, 9.17) is 27.9 Å².